The van der Waals surface area contributed by atoms with E-state index in [1.165, 1.54) is 0 Å². The molecule has 1 aromatic heterocycles. The number of nitrogens with two attached hydrogens (primary N) is 1. The van der Waals surface area contributed by atoms with Crippen molar-refractivity contribution in [2.75, 3.05) is 31.1 Å². The van der Waals surface area contributed by atoms with E-state index in [0.717, 1.165) is 30.8 Å². The first kappa shape index (κ1) is 25.6. The molecule has 0 spiro atoms. The number of piperidine rings is 1. The van der Waals surface area contributed by atoms with Crippen molar-refractivity contribution in [3.05, 3.63) is 52.8 Å². The summed E-state index contributed by atoms with van der Waals surface area (Å²) in [7, 11) is 0. The highest BCUT2D eigenvalue weighted by Crippen LogP contribution is 2.37. The summed E-state index contributed by atoms with van der Waals surface area (Å²) in [5.41, 5.74) is 8.22. The van der Waals surface area contributed by atoms with Crippen LogP contribution in [0.5, 0.6) is 5.75 Å². The molecule has 0 bridgehead atoms. The summed E-state index contributed by atoms with van der Waals surface area (Å²) in [5.74, 6) is 0.691. The Hall–Kier alpha value is -3.04. The number of carbonyl (C=O) groups excluding carboxylic acids is 2. The molecule has 2 amide bonds. The lowest BCUT2D eigenvalue weighted by Crippen LogP contribution is -2.44. The quantitative estimate of drug-likeness (QED) is 0.566. The van der Waals surface area contributed by atoms with Gasteiger partial charge in [-0.15, -0.1) is 0 Å². The van der Waals surface area contributed by atoms with Crippen LogP contribution in [0.15, 0.2) is 36.5 Å². The lowest BCUT2D eigenvalue weighted by atomic mass is 9.88. The second-order valence-electron chi connectivity index (χ2n) is 10.8. The van der Waals surface area contributed by atoms with Crippen molar-refractivity contribution in [1.29, 1.82) is 0 Å². The van der Waals surface area contributed by atoms with Gasteiger partial charge in [0.15, 0.2) is 0 Å². The molecule has 0 saturated carbocycles. The van der Waals surface area contributed by atoms with Gasteiger partial charge in [-0.3, -0.25) is 4.79 Å². The molecule has 3 fully saturated rings. The van der Waals surface area contributed by atoms with E-state index >= 15 is 0 Å². The van der Waals surface area contributed by atoms with Crippen LogP contribution in [0.2, 0.25) is 5.02 Å². The number of rotatable bonds is 7. The van der Waals surface area contributed by atoms with Crippen LogP contribution in [0.4, 0.5) is 10.5 Å². The number of hydrogen-bond donors (Lipinski definition) is 2. The average molecular weight is 528 g/mol. The van der Waals surface area contributed by atoms with Gasteiger partial charge in [-0.25, -0.2) is 9.78 Å². The van der Waals surface area contributed by atoms with Gasteiger partial charge in [-0.05, 0) is 43.9 Å². The summed E-state index contributed by atoms with van der Waals surface area (Å²) in [6.45, 7) is 7.11. The molecule has 3 aliphatic rings. The van der Waals surface area contributed by atoms with Crippen molar-refractivity contribution in [2.24, 2.45) is 11.7 Å². The summed E-state index contributed by atoms with van der Waals surface area (Å²) >= 11 is 5.96. The fraction of sp³-hybridized carbons (Fsp3) is 0.519. The van der Waals surface area contributed by atoms with Gasteiger partial charge in [0.25, 0.3) is 5.91 Å². The number of amides is 2. The van der Waals surface area contributed by atoms with Crippen molar-refractivity contribution in [3.63, 3.8) is 0 Å². The number of anilines is 1. The number of carbonyl (C=O) groups is 2. The highest BCUT2D eigenvalue weighted by Gasteiger charge is 2.39. The minimum atomic E-state index is -0.285. The second-order valence-corrected chi connectivity index (χ2v) is 11.2. The van der Waals surface area contributed by atoms with Crippen LogP contribution in [0, 0.1) is 5.92 Å². The Morgan fingerprint density at radius 2 is 2.05 bits per heavy atom. The van der Waals surface area contributed by atoms with E-state index in [1.807, 2.05) is 12.1 Å². The minimum Gasteiger partial charge on any atom is -0.488 e. The van der Waals surface area contributed by atoms with Crippen molar-refractivity contribution in [1.82, 2.24) is 15.2 Å². The van der Waals surface area contributed by atoms with Crippen molar-refractivity contribution in [3.8, 4) is 5.75 Å². The van der Waals surface area contributed by atoms with E-state index in [4.69, 9.17) is 26.8 Å². The monoisotopic (exact) mass is 527 g/mol. The predicted molar refractivity (Wildman–Crippen MR) is 141 cm³/mol. The largest absolute Gasteiger partial charge is 0.488 e. The number of aromatic nitrogens is 1. The first-order valence-electron chi connectivity index (χ1n) is 12.8. The van der Waals surface area contributed by atoms with Crippen LogP contribution in [0.1, 0.15) is 49.2 Å². The van der Waals surface area contributed by atoms with Crippen LogP contribution >= 0.6 is 11.6 Å². The standard InChI is InChI=1S/C27H34ClN5O4/c1-27(2,29)18-7-9-32(15-18)23-14-30-22(25(34)31-13-17-3-5-19(28)6-4-17)12-24(23)37-21-8-10-33-20(11-21)16-36-26(33)35/h3-6,12,14,18,20-21H,7-11,13,15-16,29H2,1-2H3,(H,31,34)/t18?,20-,21-/m0/s1. The summed E-state index contributed by atoms with van der Waals surface area (Å²) in [6.07, 6.45) is 3.75. The smallest absolute Gasteiger partial charge is 0.410 e. The third-order valence-corrected chi connectivity index (χ3v) is 7.87. The summed E-state index contributed by atoms with van der Waals surface area (Å²) in [5, 5.41) is 3.57. The Morgan fingerprint density at radius 1 is 1.27 bits per heavy atom. The van der Waals surface area contributed by atoms with Gasteiger partial charge < -0.3 is 30.3 Å². The van der Waals surface area contributed by atoms with Crippen molar-refractivity contribution >= 4 is 29.3 Å². The second kappa shape index (κ2) is 10.4. The van der Waals surface area contributed by atoms with Crippen LogP contribution < -0.4 is 20.7 Å². The van der Waals surface area contributed by atoms with Gasteiger partial charge in [0.05, 0.1) is 17.9 Å². The van der Waals surface area contributed by atoms with Crippen LogP contribution in [0.25, 0.3) is 0 Å². The number of nitrogens with one attached hydrogen (secondary N) is 1. The zero-order valence-electron chi connectivity index (χ0n) is 21.3. The molecule has 5 rings (SSSR count). The molecular formula is C27H34ClN5O4. The van der Waals surface area contributed by atoms with E-state index in [9.17, 15) is 9.59 Å². The molecule has 37 heavy (non-hydrogen) atoms. The number of pyridine rings is 1. The maximum absolute atomic E-state index is 13.0. The molecule has 198 valence electrons. The third-order valence-electron chi connectivity index (χ3n) is 7.62. The first-order chi connectivity index (χ1) is 17.7. The molecule has 1 aromatic carbocycles. The molecule has 10 heteroatoms. The Balaban J connectivity index is 1.34. The fourth-order valence-corrected chi connectivity index (χ4v) is 5.42. The van der Waals surface area contributed by atoms with E-state index in [2.05, 4.69) is 29.0 Å². The van der Waals surface area contributed by atoms with Gasteiger partial charge in [0, 0.05) is 55.6 Å². The lowest BCUT2D eigenvalue weighted by Gasteiger charge is -2.33. The molecule has 3 N–H and O–H groups in total. The predicted octanol–water partition coefficient (Wildman–Crippen LogP) is 3.59. The molecule has 9 nitrogen and oxygen atoms in total. The summed E-state index contributed by atoms with van der Waals surface area (Å²) < 4.78 is 11.7. The van der Waals surface area contributed by atoms with E-state index in [1.54, 1.807) is 29.3 Å². The molecule has 1 unspecified atom stereocenters. The molecule has 2 aromatic rings. The van der Waals surface area contributed by atoms with E-state index in [0.29, 0.717) is 54.9 Å². The fourth-order valence-electron chi connectivity index (χ4n) is 5.30. The maximum atomic E-state index is 13.0. The van der Waals surface area contributed by atoms with Gasteiger partial charge in [0.2, 0.25) is 0 Å². The van der Waals surface area contributed by atoms with Crippen molar-refractivity contribution in [2.45, 2.75) is 57.3 Å². The van der Waals surface area contributed by atoms with Gasteiger partial charge in [-0.2, -0.15) is 0 Å². The highest BCUT2D eigenvalue weighted by atomic mass is 35.5. The number of nitrogens with zero attached hydrogens (tertiary/aromatic N) is 3. The van der Waals surface area contributed by atoms with Gasteiger partial charge in [0.1, 0.15) is 24.2 Å². The Kier molecular flexibility index (Phi) is 7.18. The van der Waals surface area contributed by atoms with Crippen LogP contribution in [-0.4, -0.2) is 65.8 Å². The molecule has 3 saturated heterocycles. The average Bonchev–Trinajstić information content (AvgIpc) is 3.51. The highest BCUT2D eigenvalue weighted by molar-refractivity contribution is 6.30. The van der Waals surface area contributed by atoms with Gasteiger partial charge >= 0.3 is 6.09 Å². The number of ether oxygens (including phenoxy) is 2. The van der Waals surface area contributed by atoms with E-state index in [-0.39, 0.29) is 29.7 Å². The zero-order valence-corrected chi connectivity index (χ0v) is 22.0. The van der Waals surface area contributed by atoms with Gasteiger partial charge in [-0.1, -0.05) is 23.7 Å². The molecule has 4 heterocycles. The van der Waals surface area contributed by atoms with Crippen LogP contribution in [0.3, 0.4) is 0 Å². The molecule has 0 radical (unpaired) electrons. The Labute approximate surface area is 222 Å². The minimum absolute atomic E-state index is 0.0212. The summed E-state index contributed by atoms with van der Waals surface area (Å²) in [4.78, 5) is 33.4. The summed E-state index contributed by atoms with van der Waals surface area (Å²) in [6, 6.07) is 9.09. The Morgan fingerprint density at radius 3 is 2.78 bits per heavy atom. The first-order valence-corrected chi connectivity index (χ1v) is 13.2. The van der Waals surface area contributed by atoms with Crippen molar-refractivity contribution < 1.29 is 19.1 Å². The lowest BCUT2D eigenvalue weighted by molar-refractivity contribution is 0.0914. The topological polar surface area (TPSA) is 110 Å². The number of fused-ring (bicyclic) bond motifs is 1. The number of benzene rings is 1. The number of halogens is 1. The number of cyclic esters (lactones) is 1. The third kappa shape index (κ3) is 5.78. The molecular weight excluding hydrogens is 494 g/mol. The van der Waals surface area contributed by atoms with Crippen LogP contribution in [-0.2, 0) is 11.3 Å². The SMILES string of the molecule is CC(C)(N)C1CCN(c2cnc(C(=O)NCc3ccc(Cl)cc3)cc2O[C@H]2CCN3C(=O)OC[C@@H]3C2)C1. The molecule has 3 aliphatic heterocycles. The molecule has 0 aliphatic carbocycles. The normalized spacial score (nSPS) is 23.6. The zero-order chi connectivity index (χ0) is 26.2. The number of hydrogen-bond acceptors (Lipinski definition) is 7. The Bertz CT molecular complexity index is 1150. The van der Waals surface area contributed by atoms with E-state index < -0.39 is 0 Å². The molecule has 3 atom stereocenters. The maximum Gasteiger partial charge on any atom is 0.410 e.